The van der Waals surface area contributed by atoms with Crippen LogP contribution in [0.15, 0.2) is 42.7 Å². The molecular weight excluding hydrogens is 304 g/mol. The SMILES string of the molecule is CC.CC(=O)Nc1ccc(Oc2nc(C)c3ccncc3n2)cc1. The molecule has 124 valence electrons. The number of benzene rings is 1. The van der Waals surface area contributed by atoms with E-state index < -0.39 is 0 Å². The largest absolute Gasteiger partial charge is 0.424 e. The monoisotopic (exact) mass is 324 g/mol. The van der Waals surface area contributed by atoms with E-state index in [9.17, 15) is 4.79 Å². The van der Waals surface area contributed by atoms with E-state index in [4.69, 9.17) is 4.74 Å². The molecule has 0 radical (unpaired) electrons. The maximum atomic E-state index is 11.0. The maximum absolute atomic E-state index is 11.0. The molecule has 24 heavy (non-hydrogen) atoms. The lowest BCUT2D eigenvalue weighted by Crippen LogP contribution is -2.05. The summed E-state index contributed by atoms with van der Waals surface area (Å²) in [6.45, 7) is 7.36. The third-order valence-corrected chi connectivity index (χ3v) is 3.05. The number of hydrogen-bond acceptors (Lipinski definition) is 5. The number of aryl methyl sites for hydroxylation is 1. The molecule has 0 aliphatic carbocycles. The average Bonchev–Trinajstić information content (AvgIpc) is 2.58. The third-order valence-electron chi connectivity index (χ3n) is 3.05. The quantitative estimate of drug-likeness (QED) is 0.784. The zero-order valence-electron chi connectivity index (χ0n) is 14.2. The molecule has 0 fully saturated rings. The van der Waals surface area contributed by atoms with E-state index in [1.165, 1.54) is 6.92 Å². The van der Waals surface area contributed by atoms with Gasteiger partial charge in [0.1, 0.15) is 5.75 Å². The Balaban J connectivity index is 0.00000100. The van der Waals surface area contributed by atoms with Crippen molar-refractivity contribution in [3.63, 3.8) is 0 Å². The lowest BCUT2D eigenvalue weighted by atomic mass is 10.2. The molecule has 1 N–H and O–H groups in total. The first-order valence-corrected chi connectivity index (χ1v) is 7.76. The summed E-state index contributed by atoms with van der Waals surface area (Å²) in [6, 6.07) is 9.15. The summed E-state index contributed by atoms with van der Waals surface area (Å²) in [6.07, 6.45) is 3.39. The van der Waals surface area contributed by atoms with Crippen molar-refractivity contribution in [1.29, 1.82) is 0 Å². The molecule has 0 bridgehead atoms. The summed E-state index contributed by atoms with van der Waals surface area (Å²) in [5, 5.41) is 3.64. The minimum atomic E-state index is -0.116. The predicted octanol–water partition coefficient (Wildman–Crippen LogP) is 4.11. The van der Waals surface area contributed by atoms with Gasteiger partial charge in [-0.25, -0.2) is 0 Å². The summed E-state index contributed by atoms with van der Waals surface area (Å²) in [7, 11) is 0. The Morgan fingerprint density at radius 2 is 1.79 bits per heavy atom. The van der Waals surface area contributed by atoms with Crippen molar-refractivity contribution in [1.82, 2.24) is 15.0 Å². The molecule has 0 atom stereocenters. The lowest BCUT2D eigenvalue weighted by Gasteiger charge is -2.07. The normalized spacial score (nSPS) is 9.83. The zero-order valence-corrected chi connectivity index (χ0v) is 14.2. The molecule has 2 aromatic heterocycles. The number of aromatic nitrogens is 3. The van der Waals surface area contributed by atoms with Crippen LogP contribution in [0.5, 0.6) is 11.8 Å². The minimum Gasteiger partial charge on any atom is -0.424 e. The Bertz CT molecular complexity index is 832. The van der Waals surface area contributed by atoms with Crippen LogP contribution in [0.25, 0.3) is 10.9 Å². The molecule has 0 aliphatic heterocycles. The van der Waals surface area contributed by atoms with Gasteiger partial charge in [0.25, 0.3) is 0 Å². The molecule has 6 nitrogen and oxygen atoms in total. The summed E-state index contributed by atoms with van der Waals surface area (Å²) in [4.78, 5) is 23.7. The van der Waals surface area contributed by atoms with E-state index in [-0.39, 0.29) is 11.9 Å². The van der Waals surface area contributed by atoms with E-state index in [2.05, 4.69) is 20.3 Å². The van der Waals surface area contributed by atoms with Gasteiger partial charge >= 0.3 is 6.01 Å². The number of amides is 1. The number of fused-ring (bicyclic) bond motifs is 1. The van der Waals surface area contributed by atoms with Gasteiger partial charge in [-0.2, -0.15) is 9.97 Å². The van der Waals surface area contributed by atoms with E-state index in [1.54, 1.807) is 36.7 Å². The van der Waals surface area contributed by atoms with E-state index >= 15 is 0 Å². The van der Waals surface area contributed by atoms with Gasteiger partial charge in [0.15, 0.2) is 0 Å². The Labute approximate surface area is 140 Å². The highest BCUT2D eigenvalue weighted by atomic mass is 16.5. The Hall–Kier alpha value is -3.02. The zero-order chi connectivity index (χ0) is 17.5. The molecule has 1 aromatic carbocycles. The smallest absolute Gasteiger partial charge is 0.322 e. The highest BCUT2D eigenvalue weighted by molar-refractivity contribution is 5.88. The van der Waals surface area contributed by atoms with Gasteiger partial charge in [-0.1, -0.05) is 13.8 Å². The van der Waals surface area contributed by atoms with Crippen LogP contribution in [0.3, 0.4) is 0 Å². The summed E-state index contributed by atoms with van der Waals surface area (Å²) in [5.74, 6) is 0.478. The second-order valence-corrected chi connectivity index (χ2v) is 4.79. The fraction of sp³-hybridized carbons (Fsp3) is 0.222. The second kappa shape index (κ2) is 8.01. The number of pyridine rings is 1. The van der Waals surface area contributed by atoms with Gasteiger partial charge < -0.3 is 10.1 Å². The minimum absolute atomic E-state index is 0.116. The van der Waals surface area contributed by atoms with Gasteiger partial charge in [-0.05, 0) is 37.3 Å². The van der Waals surface area contributed by atoms with Crippen molar-refractivity contribution in [2.45, 2.75) is 27.7 Å². The number of rotatable bonds is 3. The summed E-state index contributed by atoms with van der Waals surface area (Å²) < 4.78 is 5.66. The molecule has 0 aliphatic rings. The van der Waals surface area contributed by atoms with Gasteiger partial charge in [0.2, 0.25) is 5.91 Å². The standard InChI is InChI=1S/C16H14N4O2.C2H6/c1-10-14-7-8-17-9-15(14)20-16(18-10)22-13-5-3-12(4-6-13)19-11(2)21;1-2/h3-9H,1-2H3,(H,19,21);1-2H3. The van der Waals surface area contributed by atoms with Crippen LogP contribution in [0.4, 0.5) is 5.69 Å². The van der Waals surface area contributed by atoms with Crippen molar-refractivity contribution in [3.05, 3.63) is 48.4 Å². The topological polar surface area (TPSA) is 77.0 Å². The van der Waals surface area contributed by atoms with Crippen LogP contribution in [0.2, 0.25) is 0 Å². The fourth-order valence-electron chi connectivity index (χ4n) is 2.07. The van der Waals surface area contributed by atoms with Crippen molar-refractivity contribution in [3.8, 4) is 11.8 Å². The maximum Gasteiger partial charge on any atom is 0.322 e. The van der Waals surface area contributed by atoms with Crippen LogP contribution in [-0.2, 0) is 4.79 Å². The molecule has 3 aromatic rings. The van der Waals surface area contributed by atoms with Gasteiger partial charge in [0.05, 0.1) is 17.4 Å². The van der Waals surface area contributed by atoms with Crippen LogP contribution in [0, 0.1) is 6.92 Å². The van der Waals surface area contributed by atoms with Crippen molar-refractivity contribution in [2.24, 2.45) is 0 Å². The first kappa shape index (κ1) is 17.3. The first-order chi connectivity index (χ1) is 11.6. The molecule has 3 rings (SSSR count). The molecular formula is C18H20N4O2. The van der Waals surface area contributed by atoms with E-state index in [1.807, 2.05) is 26.8 Å². The molecule has 0 saturated heterocycles. The van der Waals surface area contributed by atoms with Crippen LogP contribution >= 0.6 is 0 Å². The van der Waals surface area contributed by atoms with E-state index in [0.717, 1.165) is 16.6 Å². The predicted molar refractivity (Wildman–Crippen MR) is 94.2 cm³/mol. The first-order valence-electron chi connectivity index (χ1n) is 7.76. The van der Waals surface area contributed by atoms with Crippen molar-refractivity contribution in [2.75, 3.05) is 5.32 Å². The summed E-state index contributed by atoms with van der Waals surface area (Å²) >= 11 is 0. The Morgan fingerprint density at radius 1 is 1.08 bits per heavy atom. The molecule has 2 heterocycles. The van der Waals surface area contributed by atoms with Gasteiger partial charge in [-0.15, -0.1) is 0 Å². The molecule has 0 saturated carbocycles. The molecule has 6 heteroatoms. The number of carbonyl (C=O) groups is 1. The van der Waals surface area contributed by atoms with Gasteiger partial charge in [-0.3, -0.25) is 9.78 Å². The molecule has 0 spiro atoms. The van der Waals surface area contributed by atoms with Crippen molar-refractivity contribution >= 4 is 22.5 Å². The molecule has 0 unspecified atom stereocenters. The van der Waals surface area contributed by atoms with Crippen LogP contribution < -0.4 is 10.1 Å². The number of ether oxygens (including phenoxy) is 1. The van der Waals surface area contributed by atoms with Gasteiger partial charge in [0, 0.05) is 24.2 Å². The van der Waals surface area contributed by atoms with Crippen LogP contribution in [0.1, 0.15) is 26.5 Å². The lowest BCUT2D eigenvalue weighted by molar-refractivity contribution is -0.114. The highest BCUT2D eigenvalue weighted by Gasteiger charge is 2.06. The number of carbonyl (C=O) groups excluding carboxylic acids is 1. The Morgan fingerprint density at radius 3 is 2.46 bits per heavy atom. The fourth-order valence-corrected chi connectivity index (χ4v) is 2.07. The third kappa shape index (κ3) is 4.25. The highest BCUT2D eigenvalue weighted by Crippen LogP contribution is 2.23. The second-order valence-electron chi connectivity index (χ2n) is 4.79. The van der Waals surface area contributed by atoms with Crippen LogP contribution in [-0.4, -0.2) is 20.9 Å². The summed E-state index contributed by atoms with van der Waals surface area (Å²) in [5.41, 5.74) is 2.27. The Kier molecular flexibility index (Phi) is 5.78. The van der Waals surface area contributed by atoms with E-state index in [0.29, 0.717) is 11.4 Å². The number of hydrogen-bond donors (Lipinski definition) is 1. The number of anilines is 1. The average molecular weight is 324 g/mol. The number of nitrogens with one attached hydrogen (secondary N) is 1. The van der Waals surface area contributed by atoms with Crippen molar-refractivity contribution < 1.29 is 9.53 Å². The number of nitrogens with zero attached hydrogens (tertiary/aromatic N) is 3. The molecule has 1 amide bonds.